The summed E-state index contributed by atoms with van der Waals surface area (Å²) in [4.78, 5) is 4.24. The number of oxazole rings is 1. The zero-order chi connectivity index (χ0) is 17.1. The molecule has 0 spiro atoms. The first-order valence-electron chi connectivity index (χ1n) is 7.42. The predicted octanol–water partition coefficient (Wildman–Crippen LogP) is 5.64. The molecule has 6 heteroatoms. The largest absolute Gasteiger partial charge is 0.439 e. The molecule has 0 saturated heterocycles. The lowest BCUT2D eigenvalue weighted by Crippen LogP contribution is -2.18. The van der Waals surface area contributed by atoms with Crippen LogP contribution < -0.4 is 5.32 Å². The van der Waals surface area contributed by atoms with E-state index in [0.717, 1.165) is 11.1 Å². The number of halogens is 3. The van der Waals surface area contributed by atoms with E-state index in [9.17, 15) is 4.39 Å². The summed E-state index contributed by atoms with van der Waals surface area (Å²) in [5.74, 6) is 0.865. The van der Waals surface area contributed by atoms with Crippen LogP contribution in [-0.2, 0) is 6.54 Å². The molecule has 24 heavy (non-hydrogen) atoms. The minimum absolute atomic E-state index is 0.0101. The fourth-order valence-electron chi connectivity index (χ4n) is 2.34. The van der Waals surface area contributed by atoms with Crippen LogP contribution in [0.2, 0.25) is 10.0 Å². The van der Waals surface area contributed by atoms with Gasteiger partial charge in [-0.3, -0.25) is 0 Å². The number of nitrogens with one attached hydrogen (secondary N) is 1. The maximum atomic E-state index is 13.0. The summed E-state index contributed by atoms with van der Waals surface area (Å²) in [6.07, 6.45) is 1.63. The highest BCUT2D eigenvalue weighted by Crippen LogP contribution is 2.26. The van der Waals surface area contributed by atoms with Crippen LogP contribution in [0.1, 0.15) is 24.4 Å². The molecular weight excluding hydrogens is 350 g/mol. The van der Waals surface area contributed by atoms with Crippen molar-refractivity contribution in [1.82, 2.24) is 10.3 Å². The number of hydrogen-bond acceptors (Lipinski definition) is 3. The Balaban J connectivity index is 1.65. The van der Waals surface area contributed by atoms with E-state index in [4.69, 9.17) is 27.6 Å². The molecule has 1 N–H and O–H groups in total. The Morgan fingerprint density at radius 2 is 1.92 bits per heavy atom. The normalized spacial score (nSPS) is 12.3. The Hall–Kier alpha value is -1.88. The second-order valence-electron chi connectivity index (χ2n) is 5.39. The van der Waals surface area contributed by atoms with E-state index in [0.29, 0.717) is 28.2 Å². The zero-order valence-corrected chi connectivity index (χ0v) is 14.4. The quantitative estimate of drug-likeness (QED) is 0.636. The highest BCUT2D eigenvalue weighted by atomic mass is 35.5. The lowest BCUT2D eigenvalue weighted by atomic mass is 10.1. The molecule has 3 aromatic rings. The molecule has 3 rings (SSSR count). The smallest absolute Gasteiger partial charge is 0.208 e. The minimum Gasteiger partial charge on any atom is -0.439 e. The van der Waals surface area contributed by atoms with Crippen molar-refractivity contribution in [3.05, 3.63) is 76.0 Å². The van der Waals surface area contributed by atoms with Crippen LogP contribution in [0.5, 0.6) is 0 Å². The summed E-state index contributed by atoms with van der Waals surface area (Å²) < 4.78 is 18.7. The van der Waals surface area contributed by atoms with E-state index in [1.165, 1.54) is 12.1 Å². The summed E-state index contributed by atoms with van der Waals surface area (Å²) in [6.45, 7) is 2.44. The second-order valence-corrected chi connectivity index (χ2v) is 6.24. The van der Waals surface area contributed by atoms with Gasteiger partial charge in [-0.25, -0.2) is 9.37 Å². The minimum atomic E-state index is -0.283. The van der Waals surface area contributed by atoms with Gasteiger partial charge in [-0.15, -0.1) is 0 Å². The maximum absolute atomic E-state index is 13.0. The molecule has 0 radical (unpaired) electrons. The number of aromatic nitrogens is 1. The summed E-state index contributed by atoms with van der Waals surface area (Å²) in [7, 11) is 0. The van der Waals surface area contributed by atoms with Crippen LogP contribution >= 0.6 is 23.2 Å². The Morgan fingerprint density at radius 3 is 2.62 bits per heavy atom. The third kappa shape index (κ3) is 3.96. The summed E-state index contributed by atoms with van der Waals surface area (Å²) >= 11 is 12.1. The van der Waals surface area contributed by atoms with Crippen molar-refractivity contribution < 1.29 is 8.81 Å². The molecule has 0 aliphatic rings. The van der Waals surface area contributed by atoms with Gasteiger partial charge in [-0.05, 0) is 48.9 Å². The van der Waals surface area contributed by atoms with Crippen molar-refractivity contribution in [3.63, 3.8) is 0 Å². The number of rotatable bonds is 5. The number of benzene rings is 2. The second kappa shape index (κ2) is 7.34. The van der Waals surface area contributed by atoms with Gasteiger partial charge in [0, 0.05) is 21.7 Å². The van der Waals surface area contributed by atoms with Crippen LogP contribution in [0, 0.1) is 5.82 Å². The van der Waals surface area contributed by atoms with Crippen molar-refractivity contribution in [1.29, 1.82) is 0 Å². The van der Waals surface area contributed by atoms with Crippen molar-refractivity contribution >= 4 is 23.2 Å². The molecule has 0 amide bonds. The van der Waals surface area contributed by atoms with E-state index in [1.807, 2.05) is 13.0 Å². The topological polar surface area (TPSA) is 38.1 Å². The molecule has 1 unspecified atom stereocenters. The number of hydrogen-bond donors (Lipinski definition) is 1. The Kier molecular flexibility index (Phi) is 5.19. The monoisotopic (exact) mass is 364 g/mol. The van der Waals surface area contributed by atoms with E-state index in [1.54, 1.807) is 30.5 Å². The van der Waals surface area contributed by atoms with E-state index >= 15 is 0 Å². The van der Waals surface area contributed by atoms with E-state index in [2.05, 4.69) is 10.3 Å². The fourth-order valence-corrected chi connectivity index (χ4v) is 2.91. The molecular formula is C18H15Cl2FN2O. The average molecular weight is 365 g/mol. The Bertz CT molecular complexity index is 833. The molecule has 124 valence electrons. The first-order chi connectivity index (χ1) is 11.5. The summed E-state index contributed by atoms with van der Waals surface area (Å²) in [5.41, 5.74) is 1.73. The molecule has 1 heterocycles. The van der Waals surface area contributed by atoms with Crippen LogP contribution in [0.3, 0.4) is 0 Å². The molecule has 0 aliphatic heterocycles. The molecule has 1 atom stereocenters. The van der Waals surface area contributed by atoms with Gasteiger partial charge in [0.15, 0.2) is 5.76 Å². The van der Waals surface area contributed by atoms with E-state index < -0.39 is 0 Å². The van der Waals surface area contributed by atoms with Crippen molar-refractivity contribution in [2.24, 2.45) is 0 Å². The zero-order valence-electron chi connectivity index (χ0n) is 12.9. The van der Waals surface area contributed by atoms with Crippen molar-refractivity contribution in [3.8, 4) is 11.3 Å². The molecule has 1 aromatic heterocycles. The molecule has 0 saturated carbocycles. The van der Waals surface area contributed by atoms with Gasteiger partial charge in [0.2, 0.25) is 5.89 Å². The predicted molar refractivity (Wildman–Crippen MR) is 93.6 cm³/mol. The lowest BCUT2D eigenvalue weighted by molar-refractivity contribution is 0.454. The SMILES string of the molecule is CC(NCc1ncc(-c2ccc(F)cc2)o1)c1ccc(Cl)cc1Cl. The maximum Gasteiger partial charge on any atom is 0.208 e. The Labute approximate surface area is 149 Å². The van der Waals surface area contributed by atoms with Crippen LogP contribution in [0.25, 0.3) is 11.3 Å². The number of nitrogens with zero attached hydrogens (tertiary/aromatic N) is 1. The van der Waals surface area contributed by atoms with Gasteiger partial charge >= 0.3 is 0 Å². The Morgan fingerprint density at radius 1 is 1.17 bits per heavy atom. The third-order valence-electron chi connectivity index (χ3n) is 3.67. The summed E-state index contributed by atoms with van der Waals surface area (Å²) in [5, 5.41) is 4.52. The van der Waals surface area contributed by atoms with Gasteiger partial charge < -0.3 is 9.73 Å². The van der Waals surface area contributed by atoms with Crippen LogP contribution in [-0.4, -0.2) is 4.98 Å². The fraction of sp³-hybridized carbons (Fsp3) is 0.167. The van der Waals surface area contributed by atoms with Gasteiger partial charge in [-0.2, -0.15) is 0 Å². The van der Waals surface area contributed by atoms with Crippen molar-refractivity contribution in [2.75, 3.05) is 0 Å². The highest BCUT2D eigenvalue weighted by Gasteiger charge is 2.12. The molecule has 3 nitrogen and oxygen atoms in total. The summed E-state index contributed by atoms with van der Waals surface area (Å²) in [6, 6.07) is 11.5. The van der Waals surface area contributed by atoms with Gasteiger partial charge in [0.05, 0.1) is 12.7 Å². The van der Waals surface area contributed by atoms with Gasteiger partial charge in [0.25, 0.3) is 0 Å². The average Bonchev–Trinajstić information content (AvgIpc) is 3.02. The first kappa shape index (κ1) is 17.0. The van der Waals surface area contributed by atoms with Gasteiger partial charge in [-0.1, -0.05) is 29.3 Å². The molecule has 0 aliphatic carbocycles. The van der Waals surface area contributed by atoms with Crippen molar-refractivity contribution in [2.45, 2.75) is 19.5 Å². The van der Waals surface area contributed by atoms with Gasteiger partial charge in [0.1, 0.15) is 5.82 Å². The van der Waals surface area contributed by atoms with Crippen LogP contribution in [0.15, 0.2) is 53.1 Å². The highest BCUT2D eigenvalue weighted by molar-refractivity contribution is 6.35. The molecule has 0 fully saturated rings. The molecule has 0 bridgehead atoms. The lowest BCUT2D eigenvalue weighted by Gasteiger charge is -2.14. The molecule has 2 aromatic carbocycles. The first-order valence-corrected chi connectivity index (χ1v) is 8.17. The van der Waals surface area contributed by atoms with Crippen LogP contribution in [0.4, 0.5) is 4.39 Å². The van der Waals surface area contributed by atoms with E-state index in [-0.39, 0.29) is 11.9 Å². The third-order valence-corrected chi connectivity index (χ3v) is 4.23. The standard InChI is InChI=1S/C18H15Cl2FN2O/c1-11(15-7-4-13(19)8-16(15)20)22-10-18-23-9-17(24-18)12-2-5-14(21)6-3-12/h2-9,11,22H,10H2,1H3.